The van der Waals surface area contributed by atoms with Gasteiger partial charge in [0.1, 0.15) is 47.3 Å². The van der Waals surface area contributed by atoms with Crippen molar-refractivity contribution in [3.8, 4) is 22.5 Å². The summed E-state index contributed by atoms with van der Waals surface area (Å²) in [7, 11) is 3.07. The normalized spacial score (nSPS) is 24.9. The fourth-order valence-electron chi connectivity index (χ4n) is 7.40. The zero-order chi connectivity index (χ0) is 48.4. The Morgan fingerprint density at radius 3 is 1.50 bits per heavy atom. The van der Waals surface area contributed by atoms with Crippen molar-refractivity contribution in [1.82, 2.24) is 30.0 Å². The van der Waals surface area contributed by atoms with Gasteiger partial charge in [0.25, 0.3) is 0 Å². The molecule has 2 fully saturated rings. The van der Waals surface area contributed by atoms with Crippen LogP contribution in [0.3, 0.4) is 0 Å². The molecule has 4 heterocycles. The van der Waals surface area contributed by atoms with Crippen LogP contribution in [0.15, 0.2) is 71.9 Å². The fraction of sp³-hybridized carbons (Fsp3) is 0.429. The Morgan fingerprint density at radius 2 is 1.09 bits per heavy atom. The molecule has 0 radical (unpaired) electrons. The number of hydrogen-bond acceptors (Lipinski definition) is 13. The van der Waals surface area contributed by atoms with Gasteiger partial charge in [-0.05, 0) is 36.4 Å². The number of ether oxygens (including phenoxy) is 6. The molecule has 0 spiro atoms. The van der Waals surface area contributed by atoms with Crippen molar-refractivity contribution in [2.75, 3.05) is 27.4 Å². The Bertz CT molecular complexity index is 2370. The van der Waals surface area contributed by atoms with Gasteiger partial charge in [-0.3, -0.25) is 9.59 Å². The molecule has 66 heavy (non-hydrogen) atoms. The summed E-state index contributed by atoms with van der Waals surface area (Å²) in [6.07, 6.45) is 1.11. The molecule has 14 nitrogen and oxygen atoms in total. The topological polar surface area (TPSA) is 151 Å². The van der Waals surface area contributed by atoms with E-state index in [4.69, 9.17) is 28.4 Å². The molecule has 2 saturated heterocycles. The average Bonchev–Trinajstić information content (AvgIpc) is 3.99. The molecule has 10 atom stereocenters. The first-order valence-electron chi connectivity index (χ1n) is 19.8. The lowest BCUT2D eigenvalue weighted by molar-refractivity contribution is -0.171. The van der Waals surface area contributed by atoms with Crippen molar-refractivity contribution in [3.05, 3.63) is 102 Å². The predicted molar refractivity (Wildman–Crippen MR) is 238 cm³/mol. The first-order valence-corrected chi connectivity index (χ1v) is 25.3. The fourth-order valence-corrected chi connectivity index (χ4v) is 9.39. The van der Waals surface area contributed by atoms with Crippen LogP contribution in [0.5, 0.6) is 0 Å². The smallest absolute Gasteiger partial charge is 0.302 e. The van der Waals surface area contributed by atoms with Crippen LogP contribution < -0.4 is 0 Å². The number of aromatic nitrogens is 6. The van der Waals surface area contributed by atoms with Gasteiger partial charge in [0.2, 0.25) is 0 Å². The maximum Gasteiger partial charge on any atom is 0.302 e. The molecule has 2 aromatic heterocycles. The lowest BCUT2D eigenvalue weighted by Gasteiger charge is -2.44. The van der Waals surface area contributed by atoms with Gasteiger partial charge in [0.05, 0.1) is 36.7 Å². The third-order valence-corrected chi connectivity index (χ3v) is 12.6. The SMILES string of the molecule is BrBr.COC1C(Br)OC(COC(C)=O)C(C)C1n1cc(-c2cc(F)c(F)c(F)c2)nn1.COC1C(Sc2ccccc2)OC(COC(C)=O)C(C)C1n1cc(-c2cc(F)c(F)c(F)c2)nn1. The van der Waals surface area contributed by atoms with E-state index in [9.17, 15) is 35.9 Å². The standard InChI is InChI=1S/C24H24F3N3O4S.C18H19BrF3N3O4.Br2/c1-13-20(12-33-14(2)31)34-24(35-16-7-5-4-6-8-16)23(32-3)22(13)30-11-19(28-29-30)15-9-17(25)21(27)18(26)10-15;1-8-14(7-28-9(2)26)29-18(19)17(27-3)16(8)25-6-13(23-24-25)10-4-11(20)15(22)12(21)5-10;1-2/h4-11,13,20,22-24H,12H2,1-3H3;4-6,8,14,16-18H,7H2,1-3H3;. The van der Waals surface area contributed by atoms with E-state index < -0.39 is 93.8 Å². The van der Waals surface area contributed by atoms with Gasteiger partial charge in [-0.2, -0.15) is 0 Å². The van der Waals surface area contributed by atoms with E-state index in [-0.39, 0.29) is 47.6 Å². The summed E-state index contributed by atoms with van der Waals surface area (Å²) in [4.78, 5) is 23.6. The number of carbonyl (C=O) groups is 2. The van der Waals surface area contributed by atoms with Crippen LogP contribution in [0.2, 0.25) is 0 Å². The van der Waals surface area contributed by atoms with E-state index in [2.05, 4.69) is 64.8 Å². The van der Waals surface area contributed by atoms with E-state index in [0.29, 0.717) is 0 Å². The van der Waals surface area contributed by atoms with Crippen molar-refractivity contribution in [3.63, 3.8) is 0 Å². The zero-order valence-electron chi connectivity index (χ0n) is 35.8. The summed E-state index contributed by atoms with van der Waals surface area (Å²) in [6, 6.07) is 12.2. The van der Waals surface area contributed by atoms with Crippen LogP contribution in [0.25, 0.3) is 22.5 Å². The highest BCUT2D eigenvalue weighted by molar-refractivity contribution is 9.93. The highest BCUT2D eigenvalue weighted by Crippen LogP contribution is 2.43. The number of nitrogens with zero attached hydrogens (tertiary/aromatic N) is 6. The van der Waals surface area contributed by atoms with Gasteiger partial charge in [0, 0.05) is 84.2 Å². The van der Waals surface area contributed by atoms with Gasteiger partial charge >= 0.3 is 11.9 Å². The molecule has 24 heteroatoms. The summed E-state index contributed by atoms with van der Waals surface area (Å²) in [5, 5.41) is 15.8. The highest BCUT2D eigenvalue weighted by Gasteiger charge is 2.47. The van der Waals surface area contributed by atoms with Crippen LogP contribution in [0.1, 0.15) is 39.8 Å². The third kappa shape index (κ3) is 12.8. The van der Waals surface area contributed by atoms with Crippen molar-refractivity contribution < 1.29 is 64.4 Å². The zero-order valence-corrected chi connectivity index (χ0v) is 41.4. The summed E-state index contributed by atoms with van der Waals surface area (Å²) >= 11 is 10.4. The van der Waals surface area contributed by atoms with E-state index in [0.717, 1.165) is 29.2 Å². The summed E-state index contributed by atoms with van der Waals surface area (Å²) in [5.74, 6) is -9.68. The summed E-state index contributed by atoms with van der Waals surface area (Å²) < 4.78 is 118. The Morgan fingerprint density at radius 1 is 0.682 bits per heavy atom. The maximum absolute atomic E-state index is 13.8. The summed E-state index contributed by atoms with van der Waals surface area (Å²) in [6.45, 7) is 6.49. The minimum Gasteiger partial charge on any atom is -0.463 e. The maximum atomic E-state index is 13.8. The molecular weight excluding hydrogens is 1100 g/mol. The molecule has 0 aliphatic carbocycles. The third-order valence-electron chi connectivity index (χ3n) is 10.7. The number of rotatable bonds is 12. The largest absolute Gasteiger partial charge is 0.463 e. The molecule has 5 aromatic rings. The van der Waals surface area contributed by atoms with Crippen LogP contribution >= 0.6 is 55.9 Å². The average molecular weight is 1150 g/mol. The number of thioether (sulfide) groups is 1. The van der Waals surface area contributed by atoms with Crippen LogP contribution in [0.4, 0.5) is 26.3 Å². The number of halogens is 9. The number of alkyl halides is 1. The van der Waals surface area contributed by atoms with Crippen molar-refractivity contribution >= 4 is 67.9 Å². The van der Waals surface area contributed by atoms with E-state index >= 15 is 0 Å². The number of esters is 2. The molecule has 0 amide bonds. The molecule has 2 aliphatic heterocycles. The lowest BCUT2D eigenvalue weighted by Crippen LogP contribution is -2.52. The molecule has 358 valence electrons. The second-order valence-corrected chi connectivity index (χ2v) is 17.0. The molecule has 0 bridgehead atoms. The second kappa shape index (κ2) is 24.4. The van der Waals surface area contributed by atoms with Gasteiger partial charge in [-0.25, -0.2) is 35.7 Å². The summed E-state index contributed by atoms with van der Waals surface area (Å²) in [5.41, 5.74) is -0.0575. The van der Waals surface area contributed by atoms with Gasteiger partial charge < -0.3 is 28.4 Å². The Hall–Kier alpha value is -3.91. The number of methoxy groups -OCH3 is 2. The first-order chi connectivity index (χ1) is 31.5. The lowest BCUT2D eigenvalue weighted by atomic mass is 9.89. The number of carbonyl (C=O) groups excluding carboxylic acids is 2. The number of benzene rings is 3. The molecule has 7 rings (SSSR count). The quantitative estimate of drug-likeness (QED) is 0.0505. The van der Waals surface area contributed by atoms with Crippen LogP contribution in [0, 0.1) is 46.7 Å². The van der Waals surface area contributed by atoms with Crippen LogP contribution in [-0.4, -0.2) is 104 Å². The number of hydrogen-bond donors (Lipinski definition) is 0. The molecule has 0 N–H and O–H groups in total. The van der Waals surface area contributed by atoms with Crippen LogP contribution in [-0.2, 0) is 38.0 Å². The van der Waals surface area contributed by atoms with Gasteiger partial charge in [-0.15, -0.1) is 10.2 Å². The minimum absolute atomic E-state index is 0.0330. The Labute approximate surface area is 403 Å². The predicted octanol–water partition coefficient (Wildman–Crippen LogP) is 9.56. The highest BCUT2D eigenvalue weighted by atomic mass is 80.9. The minimum atomic E-state index is -1.55. The molecular formula is C42H43Br3F6N6O8S. The Kier molecular flexibility index (Phi) is 19.6. The Balaban J connectivity index is 0.000000243. The van der Waals surface area contributed by atoms with Gasteiger partial charge in [-0.1, -0.05) is 70.2 Å². The first kappa shape index (κ1) is 53.1. The molecule has 3 aromatic carbocycles. The van der Waals surface area contributed by atoms with E-state index in [1.54, 1.807) is 11.8 Å². The second-order valence-electron chi connectivity index (χ2n) is 14.9. The van der Waals surface area contributed by atoms with Crippen molar-refractivity contribution in [1.29, 1.82) is 0 Å². The molecule has 10 unspecified atom stereocenters. The van der Waals surface area contributed by atoms with E-state index in [1.807, 2.05) is 44.2 Å². The van der Waals surface area contributed by atoms with Crippen molar-refractivity contribution in [2.45, 2.75) is 79.5 Å². The van der Waals surface area contributed by atoms with Crippen molar-refractivity contribution in [2.24, 2.45) is 11.8 Å². The monoisotopic (exact) mass is 1140 g/mol. The molecule has 0 saturated carbocycles. The molecule has 2 aliphatic rings. The van der Waals surface area contributed by atoms with Gasteiger partial charge in [0.15, 0.2) is 34.9 Å². The van der Waals surface area contributed by atoms with E-state index in [1.165, 1.54) is 49.8 Å².